The predicted octanol–water partition coefficient (Wildman–Crippen LogP) is 4.15. The number of rotatable bonds is 6. The van der Waals surface area contributed by atoms with Crippen LogP contribution in [0.15, 0.2) is 18.2 Å². The highest BCUT2D eigenvalue weighted by Crippen LogP contribution is 2.21. The van der Waals surface area contributed by atoms with Crippen LogP contribution in [0.5, 0.6) is 0 Å². The van der Waals surface area contributed by atoms with E-state index in [1.807, 2.05) is 11.9 Å². The standard InChI is InChI=1S/C14H19Cl2NO/c1-10(2)6-7-17(3)9-14(18)12-5-4-11(15)8-13(12)16/h4-5,8,10H,6-7,9H2,1-3H3. The lowest BCUT2D eigenvalue weighted by molar-refractivity contribution is 0.0944. The van der Waals surface area contributed by atoms with Crippen LogP contribution in [-0.4, -0.2) is 30.8 Å². The summed E-state index contributed by atoms with van der Waals surface area (Å²) >= 11 is 11.8. The minimum absolute atomic E-state index is 0.0305. The van der Waals surface area contributed by atoms with Crippen molar-refractivity contribution in [2.75, 3.05) is 20.1 Å². The highest BCUT2D eigenvalue weighted by Gasteiger charge is 2.13. The van der Waals surface area contributed by atoms with Crippen molar-refractivity contribution in [1.29, 1.82) is 0 Å². The molecule has 0 amide bonds. The second-order valence-corrected chi connectivity index (χ2v) is 5.81. The van der Waals surface area contributed by atoms with E-state index in [9.17, 15) is 4.79 Å². The van der Waals surface area contributed by atoms with Gasteiger partial charge in [0.15, 0.2) is 5.78 Å². The molecule has 2 nitrogen and oxygen atoms in total. The Morgan fingerprint density at radius 3 is 2.56 bits per heavy atom. The zero-order valence-corrected chi connectivity index (χ0v) is 12.6. The Morgan fingerprint density at radius 1 is 1.33 bits per heavy atom. The minimum Gasteiger partial charge on any atom is -0.299 e. The molecule has 0 fully saturated rings. The third kappa shape index (κ3) is 4.97. The first-order chi connectivity index (χ1) is 8.40. The molecule has 0 aliphatic carbocycles. The average Bonchev–Trinajstić information content (AvgIpc) is 2.26. The van der Waals surface area contributed by atoms with Gasteiger partial charge in [-0.15, -0.1) is 0 Å². The van der Waals surface area contributed by atoms with Crippen LogP contribution >= 0.6 is 23.2 Å². The molecule has 1 aromatic carbocycles. The Labute approximate surface area is 119 Å². The molecule has 1 rings (SSSR count). The number of hydrogen-bond donors (Lipinski definition) is 0. The van der Waals surface area contributed by atoms with Crippen molar-refractivity contribution in [2.24, 2.45) is 5.92 Å². The fourth-order valence-electron chi connectivity index (χ4n) is 1.60. The molecule has 0 bridgehead atoms. The van der Waals surface area contributed by atoms with Gasteiger partial charge in [0, 0.05) is 10.6 Å². The fraction of sp³-hybridized carbons (Fsp3) is 0.500. The quantitative estimate of drug-likeness (QED) is 0.733. The maximum Gasteiger partial charge on any atom is 0.178 e. The van der Waals surface area contributed by atoms with E-state index in [2.05, 4.69) is 13.8 Å². The van der Waals surface area contributed by atoms with Gasteiger partial charge in [0.25, 0.3) is 0 Å². The van der Waals surface area contributed by atoms with Gasteiger partial charge in [-0.3, -0.25) is 9.69 Å². The Kier molecular flexibility index (Phi) is 6.13. The van der Waals surface area contributed by atoms with Crippen molar-refractivity contribution in [3.05, 3.63) is 33.8 Å². The van der Waals surface area contributed by atoms with Gasteiger partial charge in [-0.2, -0.15) is 0 Å². The van der Waals surface area contributed by atoms with E-state index in [0.717, 1.165) is 13.0 Å². The molecule has 0 aromatic heterocycles. The van der Waals surface area contributed by atoms with Gasteiger partial charge in [-0.1, -0.05) is 37.0 Å². The van der Waals surface area contributed by atoms with Gasteiger partial charge in [0.05, 0.1) is 11.6 Å². The minimum atomic E-state index is 0.0305. The van der Waals surface area contributed by atoms with Crippen LogP contribution in [-0.2, 0) is 0 Å². The van der Waals surface area contributed by atoms with Crippen molar-refractivity contribution in [1.82, 2.24) is 4.90 Å². The van der Waals surface area contributed by atoms with E-state index in [0.29, 0.717) is 28.1 Å². The molecule has 0 spiro atoms. The van der Waals surface area contributed by atoms with Crippen LogP contribution in [0.4, 0.5) is 0 Å². The second kappa shape index (κ2) is 7.13. The van der Waals surface area contributed by atoms with Crippen LogP contribution in [0.2, 0.25) is 10.0 Å². The summed E-state index contributed by atoms with van der Waals surface area (Å²) in [6.07, 6.45) is 1.08. The molecule has 0 heterocycles. The molecule has 4 heteroatoms. The topological polar surface area (TPSA) is 20.3 Å². The zero-order valence-electron chi connectivity index (χ0n) is 11.0. The van der Waals surface area contributed by atoms with Gasteiger partial charge in [0.2, 0.25) is 0 Å². The number of hydrogen-bond acceptors (Lipinski definition) is 2. The summed E-state index contributed by atoms with van der Waals surface area (Å²) in [5.74, 6) is 0.671. The summed E-state index contributed by atoms with van der Waals surface area (Å²) in [4.78, 5) is 14.1. The number of Topliss-reactive ketones (excluding diaryl/α,β-unsaturated/α-hetero) is 1. The summed E-state index contributed by atoms with van der Waals surface area (Å²) < 4.78 is 0. The molecule has 0 aliphatic rings. The van der Waals surface area contributed by atoms with E-state index in [1.165, 1.54) is 0 Å². The van der Waals surface area contributed by atoms with Crippen molar-refractivity contribution in [3.8, 4) is 0 Å². The van der Waals surface area contributed by atoms with Gasteiger partial charge < -0.3 is 0 Å². The van der Waals surface area contributed by atoms with Crippen LogP contribution in [0.1, 0.15) is 30.6 Å². The van der Waals surface area contributed by atoms with Gasteiger partial charge in [0.1, 0.15) is 0 Å². The lowest BCUT2D eigenvalue weighted by Crippen LogP contribution is -2.27. The monoisotopic (exact) mass is 287 g/mol. The van der Waals surface area contributed by atoms with Crippen molar-refractivity contribution < 1.29 is 4.79 Å². The average molecular weight is 288 g/mol. The summed E-state index contributed by atoms with van der Waals surface area (Å²) in [6, 6.07) is 4.97. The number of halogens is 2. The third-order valence-electron chi connectivity index (χ3n) is 2.73. The molecule has 0 N–H and O–H groups in total. The van der Waals surface area contributed by atoms with E-state index < -0.39 is 0 Å². The third-order valence-corrected chi connectivity index (χ3v) is 3.28. The number of carbonyl (C=O) groups excluding carboxylic acids is 1. The molecule has 0 atom stereocenters. The predicted molar refractivity (Wildman–Crippen MR) is 77.7 cm³/mol. The number of nitrogens with zero attached hydrogens (tertiary/aromatic N) is 1. The maximum atomic E-state index is 12.1. The Hall–Kier alpha value is -0.570. The highest BCUT2D eigenvalue weighted by atomic mass is 35.5. The molecule has 0 saturated carbocycles. The number of carbonyl (C=O) groups is 1. The molecule has 0 radical (unpaired) electrons. The first kappa shape index (κ1) is 15.5. The van der Waals surface area contributed by atoms with E-state index in [-0.39, 0.29) is 5.78 Å². The van der Waals surface area contributed by atoms with E-state index in [1.54, 1.807) is 18.2 Å². The molecule has 1 aromatic rings. The Balaban J connectivity index is 2.59. The summed E-state index contributed by atoms with van der Waals surface area (Å²) in [7, 11) is 1.95. The molecule has 0 unspecified atom stereocenters. The zero-order chi connectivity index (χ0) is 13.7. The van der Waals surface area contributed by atoms with Crippen LogP contribution in [0.3, 0.4) is 0 Å². The van der Waals surface area contributed by atoms with Crippen molar-refractivity contribution in [3.63, 3.8) is 0 Å². The lowest BCUT2D eigenvalue weighted by atomic mass is 10.1. The van der Waals surface area contributed by atoms with Crippen LogP contribution < -0.4 is 0 Å². The fourth-order valence-corrected chi connectivity index (χ4v) is 2.12. The first-order valence-corrected chi connectivity index (χ1v) is 6.82. The molecular weight excluding hydrogens is 269 g/mol. The molecular formula is C14H19Cl2NO. The number of likely N-dealkylation sites (N-methyl/N-ethyl adjacent to an activating group) is 1. The van der Waals surface area contributed by atoms with Crippen molar-refractivity contribution in [2.45, 2.75) is 20.3 Å². The Bertz CT molecular complexity index is 418. The normalized spacial score (nSPS) is 11.3. The number of ketones is 1. The SMILES string of the molecule is CC(C)CCN(C)CC(=O)c1ccc(Cl)cc1Cl. The molecule has 0 saturated heterocycles. The van der Waals surface area contributed by atoms with Gasteiger partial charge in [-0.25, -0.2) is 0 Å². The Morgan fingerprint density at radius 2 is 2.00 bits per heavy atom. The molecule has 0 aliphatic heterocycles. The summed E-state index contributed by atoms with van der Waals surface area (Å²) in [5, 5.41) is 0.967. The smallest absolute Gasteiger partial charge is 0.178 e. The second-order valence-electron chi connectivity index (χ2n) is 4.97. The largest absolute Gasteiger partial charge is 0.299 e. The summed E-state index contributed by atoms with van der Waals surface area (Å²) in [6.45, 7) is 5.64. The first-order valence-electron chi connectivity index (χ1n) is 6.07. The van der Waals surface area contributed by atoms with Gasteiger partial charge >= 0.3 is 0 Å². The number of benzene rings is 1. The molecule has 18 heavy (non-hydrogen) atoms. The lowest BCUT2D eigenvalue weighted by Gasteiger charge is -2.17. The molecule has 100 valence electrons. The maximum absolute atomic E-state index is 12.1. The highest BCUT2D eigenvalue weighted by molar-refractivity contribution is 6.36. The van der Waals surface area contributed by atoms with E-state index >= 15 is 0 Å². The van der Waals surface area contributed by atoms with Crippen LogP contribution in [0.25, 0.3) is 0 Å². The summed E-state index contributed by atoms with van der Waals surface area (Å²) in [5.41, 5.74) is 0.539. The van der Waals surface area contributed by atoms with E-state index in [4.69, 9.17) is 23.2 Å². The van der Waals surface area contributed by atoms with Gasteiger partial charge in [-0.05, 0) is 44.1 Å². The van der Waals surface area contributed by atoms with Crippen LogP contribution in [0, 0.1) is 5.92 Å². The van der Waals surface area contributed by atoms with Crippen molar-refractivity contribution >= 4 is 29.0 Å².